The summed E-state index contributed by atoms with van der Waals surface area (Å²) in [7, 11) is 0. The van der Waals surface area contributed by atoms with Crippen LogP contribution in [0.1, 0.15) is 47.9 Å². The van der Waals surface area contributed by atoms with Crippen LogP contribution in [0.2, 0.25) is 0 Å². The van der Waals surface area contributed by atoms with Gasteiger partial charge in [-0.1, -0.05) is 37.1 Å². The number of rotatable bonds is 6. The maximum atomic E-state index is 12.6. The molecule has 28 heavy (non-hydrogen) atoms. The van der Waals surface area contributed by atoms with E-state index < -0.39 is 0 Å². The van der Waals surface area contributed by atoms with Crippen molar-refractivity contribution in [3.8, 4) is 0 Å². The second-order valence-corrected chi connectivity index (χ2v) is 10.4. The third kappa shape index (κ3) is 5.57. The number of anilines is 1. The highest BCUT2D eigenvalue weighted by molar-refractivity contribution is 8.04. The zero-order chi connectivity index (χ0) is 20.1. The van der Waals surface area contributed by atoms with E-state index in [1.807, 2.05) is 55.6 Å². The smallest absolute Gasteiger partial charge is 0.234 e. The molecule has 1 N–H and O–H groups in total. The van der Waals surface area contributed by atoms with Gasteiger partial charge in [0.15, 0.2) is 0 Å². The maximum absolute atomic E-state index is 12.6. The summed E-state index contributed by atoms with van der Waals surface area (Å²) in [6.07, 6.45) is 5.03. The van der Waals surface area contributed by atoms with Crippen LogP contribution in [0, 0.1) is 27.7 Å². The molecule has 1 aliphatic carbocycles. The molecule has 150 valence electrons. The first-order valence-electron chi connectivity index (χ1n) is 10.2. The molecule has 1 amide bonds. The van der Waals surface area contributed by atoms with E-state index in [2.05, 4.69) is 37.4 Å². The number of para-hydroxylation sites is 1. The first-order chi connectivity index (χ1) is 13.4. The fourth-order valence-electron chi connectivity index (χ4n) is 3.72. The quantitative estimate of drug-likeness (QED) is 0.571. The Morgan fingerprint density at radius 3 is 2.29 bits per heavy atom. The van der Waals surface area contributed by atoms with E-state index in [1.165, 1.54) is 41.7 Å². The predicted octanol–water partition coefficient (Wildman–Crippen LogP) is 6.70. The lowest BCUT2D eigenvalue weighted by Gasteiger charge is -2.30. The van der Waals surface area contributed by atoms with E-state index in [9.17, 15) is 4.79 Å². The van der Waals surface area contributed by atoms with Crippen LogP contribution in [0.3, 0.4) is 0 Å². The molecule has 0 spiro atoms. The molecule has 2 atom stereocenters. The lowest BCUT2D eigenvalue weighted by molar-refractivity contribution is -0.113. The van der Waals surface area contributed by atoms with Gasteiger partial charge >= 0.3 is 0 Å². The molecule has 2 unspecified atom stereocenters. The van der Waals surface area contributed by atoms with Gasteiger partial charge in [-0.25, -0.2) is 0 Å². The molecule has 0 aromatic heterocycles. The van der Waals surface area contributed by atoms with Crippen molar-refractivity contribution in [3.63, 3.8) is 0 Å². The van der Waals surface area contributed by atoms with Crippen LogP contribution < -0.4 is 5.32 Å². The molecular weight excluding hydrogens is 382 g/mol. The van der Waals surface area contributed by atoms with Gasteiger partial charge in [0.25, 0.3) is 0 Å². The largest absolute Gasteiger partial charge is 0.325 e. The molecule has 2 aromatic rings. The first-order valence-corrected chi connectivity index (χ1v) is 12.1. The summed E-state index contributed by atoms with van der Waals surface area (Å²) in [5, 5.41) is 4.27. The van der Waals surface area contributed by atoms with Gasteiger partial charge in [0, 0.05) is 21.1 Å². The topological polar surface area (TPSA) is 29.1 Å². The third-order valence-corrected chi connectivity index (χ3v) is 8.57. The Labute approximate surface area is 178 Å². The third-order valence-electron chi connectivity index (χ3n) is 5.58. The van der Waals surface area contributed by atoms with Crippen LogP contribution in [0.5, 0.6) is 0 Å². The number of hydrogen-bond acceptors (Lipinski definition) is 3. The highest BCUT2D eigenvalue weighted by Crippen LogP contribution is 2.40. The number of nitrogens with one attached hydrogen (secondary N) is 1. The van der Waals surface area contributed by atoms with Gasteiger partial charge in [-0.3, -0.25) is 4.79 Å². The molecule has 0 heterocycles. The van der Waals surface area contributed by atoms with Gasteiger partial charge in [-0.05, 0) is 74.9 Å². The second kappa shape index (κ2) is 9.89. The van der Waals surface area contributed by atoms with Gasteiger partial charge in [-0.15, -0.1) is 23.5 Å². The van der Waals surface area contributed by atoms with Crippen LogP contribution in [0.15, 0.2) is 41.3 Å². The highest BCUT2D eigenvalue weighted by atomic mass is 32.2. The zero-order valence-corrected chi connectivity index (χ0v) is 19.0. The van der Waals surface area contributed by atoms with Crippen LogP contribution in [-0.4, -0.2) is 22.2 Å². The van der Waals surface area contributed by atoms with Crippen molar-refractivity contribution >= 4 is 35.1 Å². The Morgan fingerprint density at radius 1 is 0.929 bits per heavy atom. The molecule has 2 aromatic carbocycles. The molecule has 1 saturated carbocycles. The second-order valence-electron chi connectivity index (χ2n) is 7.85. The fourth-order valence-corrected chi connectivity index (χ4v) is 6.56. The van der Waals surface area contributed by atoms with Crippen LogP contribution in [0.4, 0.5) is 5.69 Å². The predicted molar refractivity (Wildman–Crippen MR) is 125 cm³/mol. The molecule has 0 radical (unpaired) electrons. The molecular formula is C24H31NOS2. The lowest BCUT2D eigenvalue weighted by atomic mass is 10.00. The summed E-state index contributed by atoms with van der Waals surface area (Å²) in [6.45, 7) is 8.45. The van der Waals surface area contributed by atoms with Crippen molar-refractivity contribution in [2.45, 2.75) is 68.8 Å². The van der Waals surface area contributed by atoms with Crippen LogP contribution >= 0.6 is 23.5 Å². The maximum Gasteiger partial charge on any atom is 0.234 e. The minimum Gasteiger partial charge on any atom is -0.325 e. The Bertz CT molecular complexity index is 813. The van der Waals surface area contributed by atoms with Crippen molar-refractivity contribution in [1.82, 2.24) is 0 Å². The summed E-state index contributed by atoms with van der Waals surface area (Å²) in [5.41, 5.74) is 5.93. The van der Waals surface area contributed by atoms with Crippen LogP contribution in [0.25, 0.3) is 0 Å². The van der Waals surface area contributed by atoms with E-state index in [4.69, 9.17) is 0 Å². The molecule has 0 saturated heterocycles. The van der Waals surface area contributed by atoms with E-state index >= 15 is 0 Å². The normalized spacial score (nSPS) is 19.4. The molecule has 0 aliphatic heterocycles. The summed E-state index contributed by atoms with van der Waals surface area (Å²) >= 11 is 3.84. The summed E-state index contributed by atoms with van der Waals surface area (Å²) in [6, 6.07) is 12.9. The summed E-state index contributed by atoms with van der Waals surface area (Å²) in [5.74, 6) is 0.644. The number of hydrogen-bond donors (Lipinski definition) is 1. The molecule has 4 heteroatoms. The van der Waals surface area contributed by atoms with E-state index in [1.54, 1.807) is 0 Å². The number of aryl methyl sites for hydroxylation is 4. The minimum absolute atomic E-state index is 0.114. The number of thioether (sulfide) groups is 2. The monoisotopic (exact) mass is 413 g/mol. The van der Waals surface area contributed by atoms with Crippen molar-refractivity contribution in [1.29, 1.82) is 0 Å². The standard InChI is InChI=1S/C24H31NOS2/c1-16-12-13-20(14-19(16)4)28-22-11-6-5-10-21(22)27-15-23(26)25-24-17(2)8-7-9-18(24)3/h7-9,12-14,21-22H,5-6,10-11,15H2,1-4H3,(H,25,26). The molecule has 0 bridgehead atoms. The number of benzene rings is 2. The zero-order valence-electron chi connectivity index (χ0n) is 17.4. The average molecular weight is 414 g/mol. The fraction of sp³-hybridized carbons (Fsp3) is 0.458. The van der Waals surface area contributed by atoms with Crippen molar-refractivity contribution < 1.29 is 4.79 Å². The van der Waals surface area contributed by atoms with Gasteiger partial charge in [0.05, 0.1) is 5.75 Å². The Morgan fingerprint density at radius 2 is 1.61 bits per heavy atom. The van der Waals surface area contributed by atoms with Gasteiger partial charge in [-0.2, -0.15) is 0 Å². The Kier molecular flexibility index (Phi) is 7.53. The summed E-state index contributed by atoms with van der Waals surface area (Å²) in [4.78, 5) is 13.9. The van der Waals surface area contributed by atoms with E-state index in [0.29, 0.717) is 16.3 Å². The van der Waals surface area contributed by atoms with E-state index in [0.717, 1.165) is 16.8 Å². The summed E-state index contributed by atoms with van der Waals surface area (Å²) < 4.78 is 0. The SMILES string of the molecule is Cc1ccc(SC2CCCCC2SCC(=O)Nc2c(C)cccc2C)cc1C. The van der Waals surface area contributed by atoms with Crippen LogP contribution in [-0.2, 0) is 4.79 Å². The number of carbonyl (C=O) groups excluding carboxylic acids is 1. The number of carbonyl (C=O) groups is 1. The Balaban J connectivity index is 1.58. The van der Waals surface area contributed by atoms with Gasteiger partial charge in [0.1, 0.15) is 0 Å². The van der Waals surface area contributed by atoms with Gasteiger partial charge in [0.2, 0.25) is 5.91 Å². The lowest BCUT2D eigenvalue weighted by Crippen LogP contribution is -2.27. The minimum atomic E-state index is 0.114. The van der Waals surface area contributed by atoms with Gasteiger partial charge < -0.3 is 5.32 Å². The molecule has 1 aliphatic rings. The first kappa shape index (κ1) is 21.3. The highest BCUT2D eigenvalue weighted by Gasteiger charge is 2.27. The van der Waals surface area contributed by atoms with Crippen molar-refractivity contribution in [2.75, 3.05) is 11.1 Å². The van der Waals surface area contributed by atoms with Crippen molar-refractivity contribution in [3.05, 3.63) is 58.7 Å². The number of amides is 1. The molecule has 2 nitrogen and oxygen atoms in total. The van der Waals surface area contributed by atoms with E-state index in [-0.39, 0.29) is 5.91 Å². The molecule has 1 fully saturated rings. The Hall–Kier alpha value is -1.39. The molecule has 3 rings (SSSR count). The average Bonchev–Trinajstić information content (AvgIpc) is 2.67. The van der Waals surface area contributed by atoms with Crippen molar-refractivity contribution in [2.24, 2.45) is 0 Å².